The van der Waals surface area contributed by atoms with Crippen molar-refractivity contribution in [1.82, 2.24) is 24.4 Å². The van der Waals surface area contributed by atoms with E-state index in [0.717, 1.165) is 17.7 Å². The fraction of sp³-hybridized carbons (Fsp3) is 0.583. The Morgan fingerprint density at radius 1 is 1.19 bits per heavy atom. The molecule has 0 amide bonds. The molecule has 21 heavy (non-hydrogen) atoms. The first-order chi connectivity index (χ1) is 10.1. The zero-order chi connectivity index (χ0) is 15.4. The molecule has 0 saturated carbocycles. The van der Waals surface area contributed by atoms with Gasteiger partial charge in [-0.1, -0.05) is 0 Å². The van der Waals surface area contributed by atoms with E-state index in [1.165, 1.54) is 11.6 Å². The minimum Gasteiger partial charge on any atom is -0.383 e. The summed E-state index contributed by atoms with van der Waals surface area (Å²) < 4.78 is 7.32. The lowest BCUT2D eigenvalue weighted by atomic mass is 10.5. The molecule has 0 bridgehead atoms. The van der Waals surface area contributed by atoms with Crippen LogP contribution in [0.15, 0.2) is 9.59 Å². The number of rotatable bonds is 7. The molecular formula is C12H20N6O3. The quantitative estimate of drug-likeness (QED) is 0.543. The molecule has 3 N–H and O–H groups in total. The lowest BCUT2D eigenvalue weighted by Crippen LogP contribution is -2.36. The molecule has 0 unspecified atom stereocenters. The Labute approximate surface area is 120 Å². The van der Waals surface area contributed by atoms with E-state index in [1.54, 1.807) is 14.2 Å². The number of aryl methyl sites for hydroxylation is 1. The number of nitrogens with one attached hydrogen (secondary N) is 3. The van der Waals surface area contributed by atoms with Crippen LogP contribution in [0, 0.1) is 0 Å². The summed E-state index contributed by atoms with van der Waals surface area (Å²) in [5.41, 5.74) is -0.119. The fourth-order valence-corrected chi connectivity index (χ4v) is 1.98. The molecule has 0 atom stereocenters. The monoisotopic (exact) mass is 296 g/mol. The van der Waals surface area contributed by atoms with Gasteiger partial charge in [0, 0.05) is 40.8 Å². The minimum atomic E-state index is -0.396. The minimum absolute atomic E-state index is 0.314. The van der Waals surface area contributed by atoms with Crippen molar-refractivity contribution in [3.05, 3.63) is 20.8 Å². The average molecular weight is 296 g/mol. The van der Waals surface area contributed by atoms with E-state index in [0.29, 0.717) is 30.3 Å². The van der Waals surface area contributed by atoms with Gasteiger partial charge in [-0.2, -0.15) is 4.98 Å². The number of aromatic nitrogens is 4. The van der Waals surface area contributed by atoms with Gasteiger partial charge in [-0.3, -0.25) is 13.9 Å². The van der Waals surface area contributed by atoms with Crippen molar-refractivity contribution in [2.45, 2.75) is 0 Å². The van der Waals surface area contributed by atoms with E-state index in [1.807, 2.05) is 0 Å². The molecule has 2 aromatic heterocycles. The van der Waals surface area contributed by atoms with Gasteiger partial charge >= 0.3 is 5.69 Å². The zero-order valence-electron chi connectivity index (χ0n) is 12.4. The molecule has 9 heteroatoms. The van der Waals surface area contributed by atoms with Crippen LogP contribution in [-0.4, -0.2) is 52.5 Å². The Morgan fingerprint density at radius 2 is 1.95 bits per heavy atom. The molecule has 2 rings (SSSR count). The van der Waals surface area contributed by atoms with Crippen LogP contribution in [-0.2, 0) is 18.8 Å². The number of methoxy groups -OCH3 is 1. The van der Waals surface area contributed by atoms with Crippen LogP contribution in [0.25, 0.3) is 11.2 Å². The Hall–Kier alpha value is -2.13. The summed E-state index contributed by atoms with van der Waals surface area (Å²) >= 11 is 0. The maximum absolute atomic E-state index is 12.0. The van der Waals surface area contributed by atoms with Gasteiger partial charge in [-0.05, 0) is 0 Å². The largest absolute Gasteiger partial charge is 0.383 e. The summed E-state index contributed by atoms with van der Waals surface area (Å²) in [6.07, 6.45) is 0. The summed E-state index contributed by atoms with van der Waals surface area (Å²) in [7, 11) is 4.68. The van der Waals surface area contributed by atoms with Gasteiger partial charge < -0.3 is 20.4 Å². The topological polar surface area (TPSA) is 106 Å². The highest BCUT2D eigenvalue weighted by Gasteiger charge is 2.12. The molecule has 0 fully saturated rings. The Kier molecular flexibility index (Phi) is 4.76. The van der Waals surface area contributed by atoms with Crippen LogP contribution in [0.1, 0.15) is 0 Å². The molecule has 0 aliphatic rings. The van der Waals surface area contributed by atoms with E-state index >= 15 is 0 Å². The van der Waals surface area contributed by atoms with Gasteiger partial charge in [-0.25, -0.2) is 4.79 Å². The summed E-state index contributed by atoms with van der Waals surface area (Å²) in [6.45, 7) is 2.80. The van der Waals surface area contributed by atoms with Crippen LogP contribution in [0.4, 0.5) is 5.95 Å². The van der Waals surface area contributed by atoms with Crippen LogP contribution in [0.5, 0.6) is 0 Å². The summed E-state index contributed by atoms with van der Waals surface area (Å²) in [5, 5.41) is 6.25. The number of fused-ring (bicyclic) bond motifs is 1. The standard InChI is InChI=1S/C12H20N6O3/c1-17-9-8(10(19)18(2)12(17)20)15-11(16-9)14-5-4-13-6-7-21-3/h13H,4-7H2,1-3H3,(H2,14,15,16). The molecule has 9 nitrogen and oxygen atoms in total. The summed E-state index contributed by atoms with van der Waals surface area (Å²) in [5.74, 6) is 0.469. The van der Waals surface area contributed by atoms with Crippen LogP contribution in [0.2, 0.25) is 0 Å². The number of hydrogen-bond donors (Lipinski definition) is 3. The molecular weight excluding hydrogens is 276 g/mol. The summed E-state index contributed by atoms with van der Waals surface area (Å²) in [4.78, 5) is 30.9. The summed E-state index contributed by atoms with van der Waals surface area (Å²) in [6, 6.07) is 0. The van der Waals surface area contributed by atoms with Gasteiger partial charge in [0.05, 0.1) is 6.61 Å². The molecule has 0 aliphatic heterocycles. The maximum atomic E-state index is 12.0. The molecule has 0 aromatic carbocycles. The zero-order valence-corrected chi connectivity index (χ0v) is 12.4. The Bertz CT molecular complexity index is 729. The van der Waals surface area contributed by atoms with Crippen molar-refractivity contribution >= 4 is 17.1 Å². The fourth-order valence-electron chi connectivity index (χ4n) is 1.98. The van der Waals surface area contributed by atoms with Crippen molar-refractivity contribution < 1.29 is 4.74 Å². The Balaban J connectivity index is 2.10. The highest BCUT2D eigenvalue weighted by molar-refractivity contribution is 5.72. The predicted molar refractivity (Wildman–Crippen MR) is 79.8 cm³/mol. The number of nitrogens with zero attached hydrogens (tertiary/aromatic N) is 3. The van der Waals surface area contributed by atoms with Crippen LogP contribution >= 0.6 is 0 Å². The highest BCUT2D eigenvalue weighted by Crippen LogP contribution is 2.07. The number of imidazole rings is 1. The van der Waals surface area contributed by atoms with E-state index in [4.69, 9.17) is 4.74 Å². The number of hydrogen-bond acceptors (Lipinski definition) is 6. The van der Waals surface area contributed by atoms with Crippen LogP contribution in [0.3, 0.4) is 0 Å². The van der Waals surface area contributed by atoms with Crippen molar-refractivity contribution in [3.63, 3.8) is 0 Å². The second kappa shape index (κ2) is 6.55. The second-order valence-electron chi connectivity index (χ2n) is 4.66. The molecule has 0 aliphatic carbocycles. The van der Waals surface area contributed by atoms with Gasteiger partial charge in [0.2, 0.25) is 5.95 Å². The normalized spacial score (nSPS) is 11.2. The number of aromatic amines is 1. The van der Waals surface area contributed by atoms with E-state index in [-0.39, 0.29) is 5.56 Å². The average Bonchev–Trinajstić information content (AvgIpc) is 2.91. The molecule has 116 valence electrons. The first-order valence-electron chi connectivity index (χ1n) is 6.65. The van der Waals surface area contributed by atoms with Crippen molar-refractivity contribution in [1.29, 1.82) is 0 Å². The van der Waals surface area contributed by atoms with E-state index in [2.05, 4.69) is 20.6 Å². The molecule has 2 aromatic rings. The lowest BCUT2D eigenvalue weighted by molar-refractivity contribution is 0.200. The number of H-pyrrole nitrogens is 1. The smallest absolute Gasteiger partial charge is 0.332 e. The third kappa shape index (κ3) is 3.14. The van der Waals surface area contributed by atoms with E-state index in [9.17, 15) is 9.59 Å². The van der Waals surface area contributed by atoms with Crippen LogP contribution < -0.4 is 21.9 Å². The molecule has 0 radical (unpaired) electrons. The molecule has 0 saturated heterocycles. The third-order valence-corrected chi connectivity index (χ3v) is 3.17. The van der Waals surface area contributed by atoms with Gasteiger partial charge in [0.25, 0.3) is 5.56 Å². The molecule has 2 heterocycles. The second-order valence-corrected chi connectivity index (χ2v) is 4.66. The number of anilines is 1. The van der Waals surface area contributed by atoms with Crippen molar-refractivity contribution in [2.24, 2.45) is 14.1 Å². The van der Waals surface area contributed by atoms with Crippen molar-refractivity contribution in [2.75, 3.05) is 38.7 Å². The first-order valence-corrected chi connectivity index (χ1v) is 6.65. The Morgan fingerprint density at radius 3 is 2.67 bits per heavy atom. The first kappa shape index (κ1) is 15.3. The lowest BCUT2D eigenvalue weighted by Gasteiger charge is -2.04. The maximum Gasteiger partial charge on any atom is 0.332 e. The third-order valence-electron chi connectivity index (χ3n) is 3.17. The van der Waals surface area contributed by atoms with E-state index < -0.39 is 5.69 Å². The highest BCUT2D eigenvalue weighted by atomic mass is 16.5. The van der Waals surface area contributed by atoms with Gasteiger partial charge in [0.15, 0.2) is 11.2 Å². The van der Waals surface area contributed by atoms with Crippen molar-refractivity contribution in [3.8, 4) is 0 Å². The SMILES string of the molecule is COCCNCCNc1nc2c([nH]1)c(=O)n(C)c(=O)n2C. The predicted octanol–water partition coefficient (Wildman–Crippen LogP) is -1.39. The number of ether oxygens (including phenoxy) is 1. The van der Waals surface area contributed by atoms with Gasteiger partial charge in [-0.15, -0.1) is 0 Å². The molecule has 0 spiro atoms. The van der Waals surface area contributed by atoms with Gasteiger partial charge in [0.1, 0.15) is 0 Å².